The van der Waals surface area contributed by atoms with Gasteiger partial charge in [-0.05, 0) is 17.9 Å². The Hall–Kier alpha value is -2.25. The third kappa shape index (κ3) is 5.42. The van der Waals surface area contributed by atoms with Crippen LogP contribution in [0.1, 0.15) is 38.2 Å². The number of rotatable bonds is 7. The molecule has 1 aromatic carbocycles. The molecule has 3 rings (SSSR count). The van der Waals surface area contributed by atoms with Gasteiger partial charge in [0.1, 0.15) is 0 Å². The molecule has 1 aromatic heterocycles. The van der Waals surface area contributed by atoms with Crippen molar-refractivity contribution in [1.29, 1.82) is 0 Å². The molecular formula is C22H32N4O3. The number of benzene rings is 1. The van der Waals surface area contributed by atoms with Gasteiger partial charge in [0.05, 0.1) is 18.1 Å². The Kier molecular flexibility index (Phi) is 7.03. The second kappa shape index (κ2) is 9.50. The Labute approximate surface area is 172 Å². The topological polar surface area (TPSA) is 76.5 Å². The number of carbonyl (C=O) groups is 1. The molecule has 1 unspecified atom stereocenters. The molecule has 0 aliphatic carbocycles. The van der Waals surface area contributed by atoms with Gasteiger partial charge in [-0.15, -0.1) is 0 Å². The Morgan fingerprint density at radius 2 is 1.86 bits per heavy atom. The van der Waals surface area contributed by atoms with E-state index in [0.717, 1.165) is 19.6 Å². The monoisotopic (exact) mass is 400 g/mol. The molecule has 0 radical (unpaired) electrons. The summed E-state index contributed by atoms with van der Waals surface area (Å²) < 4.78 is 7.23. The molecule has 2 heterocycles. The van der Waals surface area contributed by atoms with Crippen LogP contribution in [-0.4, -0.2) is 59.5 Å². The number of ether oxygens (including phenoxy) is 1. The van der Waals surface area contributed by atoms with E-state index in [-0.39, 0.29) is 29.2 Å². The molecule has 158 valence electrons. The number of amides is 1. The standard InChI is InChI=1S/C22H32N4O3/c1-15(2)12-25-9-10-29-17(14-25)11-23-21(27)20-18-7-5-6-8-19(18)22(28)26(24-20)13-16(3)4/h5-8,15-17H,9-14H2,1-4H3,(H,23,27). The van der Waals surface area contributed by atoms with Gasteiger partial charge in [-0.2, -0.15) is 5.10 Å². The SMILES string of the molecule is CC(C)CN1CCOC(CNC(=O)c2nn(CC(C)C)c(=O)c3ccccc23)C1. The van der Waals surface area contributed by atoms with E-state index in [9.17, 15) is 9.59 Å². The first-order valence-electron chi connectivity index (χ1n) is 10.5. The molecule has 1 fully saturated rings. The van der Waals surface area contributed by atoms with Gasteiger partial charge in [-0.1, -0.05) is 45.9 Å². The summed E-state index contributed by atoms with van der Waals surface area (Å²) in [6, 6.07) is 7.16. The average molecular weight is 401 g/mol. The van der Waals surface area contributed by atoms with Gasteiger partial charge in [0, 0.05) is 38.1 Å². The van der Waals surface area contributed by atoms with Crippen LogP contribution in [0, 0.1) is 11.8 Å². The summed E-state index contributed by atoms with van der Waals surface area (Å²) in [5, 5.41) is 8.47. The molecule has 0 spiro atoms. The van der Waals surface area contributed by atoms with E-state index in [4.69, 9.17) is 4.74 Å². The molecule has 1 aliphatic rings. The van der Waals surface area contributed by atoms with Crippen LogP contribution < -0.4 is 10.9 Å². The molecular weight excluding hydrogens is 368 g/mol. The zero-order chi connectivity index (χ0) is 21.0. The summed E-state index contributed by atoms with van der Waals surface area (Å²) >= 11 is 0. The first-order valence-corrected chi connectivity index (χ1v) is 10.5. The lowest BCUT2D eigenvalue weighted by molar-refractivity contribution is -0.0295. The lowest BCUT2D eigenvalue weighted by Crippen LogP contribution is -2.48. The normalized spacial score (nSPS) is 17.9. The summed E-state index contributed by atoms with van der Waals surface area (Å²) in [6.07, 6.45) is -0.0423. The number of carbonyl (C=O) groups excluding carboxylic acids is 1. The van der Waals surface area contributed by atoms with Gasteiger partial charge in [0.15, 0.2) is 5.69 Å². The number of hydrogen-bond donors (Lipinski definition) is 1. The molecule has 7 nitrogen and oxygen atoms in total. The first-order chi connectivity index (χ1) is 13.8. The van der Waals surface area contributed by atoms with Crippen LogP contribution >= 0.6 is 0 Å². The maximum Gasteiger partial charge on any atom is 0.274 e. The summed E-state index contributed by atoms with van der Waals surface area (Å²) in [5.41, 5.74) is 0.126. The number of nitrogens with one attached hydrogen (secondary N) is 1. The number of hydrogen-bond acceptors (Lipinski definition) is 5. The Bertz CT molecular complexity index is 907. The van der Waals surface area contributed by atoms with E-state index in [0.29, 0.717) is 36.4 Å². The minimum Gasteiger partial charge on any atom is -0.374 e. The highest BCUT2D eigenvalue weighted by atomic mass is 16.5. The molecule has 1 atom stereocenters. The fraction of sp³-hybridized carbons (Fsp3) is 0.591. The fourth-order valence-corrected chi connectivity index (χ4v) is 3.75. The minimum atomic E-state index is -0.275. The smallest absolute Gasteiger partial charge is 0.274 e. The van der Waals surface area contributed by atoms with Gasteiger partial charge in [-0.3, -0.25) is 14.5 Å². The molecule has 1 saturated heterocycles. The van der Waals surface area contributed by atoms with Crippen molar-refractivity contribution in [3.8, 4) is 0 Å². The highest BCUT2D eigenvalue weighted by molar-refractivity contribution is 6.04. The number of fused-ring (bicyclic) bond motifs is 1. The summed E-state index contributed by atoms with van der Waals surface area (Å²) in [4.78, 5) is 28.0. The van der Waals surface area contributed by atoms with Crippen LogP contribution in [0.2, 0.25) is 0 Å². The van der Waals surface area contributed by atoms with Crippen molar-refractivity contribution in [2.75, 3.05) is 32.8 Å². The second-order valence-corrected chi connectivity index (χ2v) is 8.63. The Morgan fingerprint density at radius 3 is 2.55 bits per heavy atom. The van der Waals surface area contributed by atoms with E-state index >= 15 is 0 Å². The molecule has 7 heteroatoms. The van der Waals surface area contributed by atoms with Crippen LogP contribution in [0.15, 0.2) is 29.1 Å². The molecule has 0 bridgehead atoms. The van der Waals surface area contributed by atoms with Crippen LogP contribution in [0.5, 0.6) is 0 Å². The highest BCUT2D eigenvalue weighted by Crippen LogP contribution is 2.14. The van der Waals surface area contributed by atoms with Gasteiger partial charge in [-0.25, -0.2) is 4.68 Å². The van der Waals surface area contributed by atoms with Crippen molar-refractivity contribution in [2.24, 2.45) is 11.8 Å². The zero-order valence-corrected chi connectivity index (χ0v) is 17.9. The van der Waals surface area contributed by atoms with Crippen molar-refractivity contribution in [3.05, 3.63) is 40.3 Å². The molecule has 1 aliphatic heterocycles. The molecule has 2 aromatic rings. The second-order valence-electron chi connectivity index (χ2n) is 8.63. The van der Waals surface area contributed by atoms with Crippen LogP contribution in [0.25, 0.3) is 10.8 Å². The number of aromatic nitrogens is 2. The third-order valence-electron chi connectivity index (χ3n) is 4.96. The van der Waals surface area contributed by atoms with Gasteiger partial charge < -0.3 is 10.1 Å². The van der Waals surface area contributed by atoms with E-state index < -0.39 is 0 Å². The van der Waals surface area contributed by atoms with Crippen LogP contribution in [0.3, 0.4) is 0 Å². The molecule has 0 saturated carbocycles. The predicted octanol–water partition coefficient (Wildman–Crippen LogP) is 2.14. The molecule has 1 N–H and O–H groups in total. The first kappa shape index (κ1) is 21.5. The predicted molar refractivity (Wildman–Crippen MR) is 114 cm³/mol. The van der Waals surface area contributed by atoms with Crippen molar-refractivity contribution in [2.45, 2.75) is 40.3 Å². The summed E-state index contributed by atoms with van der Waals surface area (Å²) in [6.45, 7) is 12.8. The fourth-order valence-electron chi connectivity index (χ4n) is 3.75. The summed E-state index contributed by atoms with van der Waals surface area (Å²) in [5.74, 6) is 0.573. The molecule has 29 heavy (non-hydrogen) atoms. The average Bonchev–Trinajstić information content (AvgIpc) is 2.68. The molecule has 1 amide bonds. The van der Waals surface area contributed by atoms with Gasteiger partial charge in [0.2, 0.25) is 0 Å². The zero-order valence-electron chi connectivity index (χ0n) is 17.9. The summed E-state index contributed by atoms with van der Waals surface area (Å²) in [7, 11) is 0. The van der Waals surface area contributed by atoms with E-state index in [1.165, 1.54) is 4.68 Å². The maximum atomic E-state index is 13.0. The van der Waals surface area contributed by atoms with E-state index in [1.54, 1.807) is 12.1 Å². The van der Waals surface area contributed by atoms with E-state index in [2.05, 4.69) is 29.2 Å². The maximum absolute atomic E-state index is 13.0. The lowest BCUT2D eigenvalue weighted by atomic mass is 10.1. The van der Waals surface area contributed by atoms with Gasteiger partial charge in [0.25, 0.3) is 11.5 Å². The minimum absolute atomic E-state index is 0.0423. The quantitative estimate of drug-likeness (QED) is 0.771. The van der Waals surface area contributed by atoms with Crippen molar-refractivity contribution in [3.63, 3.8) is 0 Å². The van der Waals surface area contributed by atoms with E-state index in [1.807, 2.05) is 26.0 Å². The number of morpholine rings is 1. The Morgan fingerprint density at radius 1 is 1.17 bits per heavy atom. The third-order valence-corrected chi connectivity index (χ3v) is 4.96. The van der Waals surface area contributed by atoms with Gasteiger partial charge >= 0.3 is 0 Å². The van der Waals surface area contributed by atoms with Crippen LogP contribution in [-0.2, 0) is 11.3 Å². The number of nitrogens with zero attached hydrogens (tertiary/aromatic N) is 3. The van der Waals surface area contributed by atoms with Crippen molar-refractivity contribution >= 4 is 16.7 Å². The largest absolute Gasteiger partial charge is 0.374 e. The Balaban J connectivity index is 1.76. The van der Waals surface area contributed by atoms with Crippen molar-refractivity contribution < 1.29 is 9.53 Å². The lowest BCUT2D eigenvalue weighted by Gasteiger charge is -2.33. The van der Waals surface area contributed by atoms with Crippen LogP contribution in [0.4, 0.5) is 0 Å². The van der Waals surface area contributed by atoms with Crippen molar-refractivity contribution in [1.82, 2.24) is 20.0 Å². The highest BCUT2D eigenvalue weighted by Gasteiger charge is 2.23.